The van der Waals surface area contributed by atoms with Gasteiger partial charge in [0.2, 0.25) is 0 Å². The molecule has 0 atom stereocenters. The molecular weight excluding hydrogens is 243 g/mol. The van der Waals surface area contributed by atoms with E-state index in [2.05, 4.69) is 4.98 Å². The van der Waals surface area contributed by atoms with E-state index in [-0.39, 0.29) is 5.82 Å². The lowest BCUT2D eigenvalue weighted by Gasteiger charge is -2.23. The van der Waals surface area contributed by atoms with Crippen molar-refractivity contribution in [3.8, 4) is 0 Å². The number of hydrogen-bond acceptors (Lipinski definition) is 3. The van der Waals surface area contributed by atoms with Crippen LogP contribution in [0.25, 0.3) is 0 Å². The molecule has 0 saturated carbocycles. The van der Waals surface area contributed by atoms with Gasteiger partial charge in [-0.1, -0.05) is 0 Å². The van der Waals surface area contributed by atoms with E-state index >= 15 is 0 Å². The summed E-state index contributed by atoms with van der Waals surface area (Å²) in [6.07, 6.45) is 2.32. The molecular formula is C15H15FN2O. The van der Waals surface area contributed by atoms with Crippen molar-refractivity contribution in [1.29, 1.82) is 0 Å². The van der Waals surface area contributed by atoms with Crippen molar-refractivity contribution in [1.82, 2.24) is 4.98 Å². The Bertz CT molecular complexity index is 581. The fourth-order valence-corrected chi connectivity index (χ4v) is 2.01. The van der Waals surface area contributed by atoms with Crippen molar-refractivity contribution in [2.75, 3.05) is 11.4 Å². The summed E-state index contributed by atoms with van der Waals surface area (Å²) >= 11 is 0. The van der Waals surface area contributed by atoms with Crippen molar-refractivity contribution in [2.45, 2.75) is 13.8 Å². The number of aryl methyl sites for hydroxylation is 1. The molecule has 4 heteroatoms. The van der Waals surface area contributed by atoms with Crippen LogP contribution in [0.2, 0.25) is 0 Å². The Morgan fingerprint density at radius 3 is 2.53 bits per heavy atom. The number of aldehydes is 1. The molecule has 0 aliphatic heterocycles. The third-order valence-electron chi connectivity index (χ3n) is 2.92. The first kappa shape index (κ1) is 13.2. The predicted molar refractivity (Wildman–Crippen MR) is 73.4 cm³/mol. The Kier molecular flexibility index (Phi) is 3.90. The number of aromatic nitrogens is 1. The summed E-state index contributed by atoms with van der Waals surface area (Å²) in [6, 6.07) is 8.07. The second-order valence-corrected chi connectivity index (χ2v) is 4.25. The Morgan fingerprint density at radius 1 is 1.32 bits per heavy atom. The molecule has 0 fully saturated rings. The van der Waals surface area contributed by atoms with Crippen LogP contribution >= 0.6 is 0 Å². The van der Waals surface area contributed by atoms with Crippen LogP contribution in [0.1, 0.15) is 22.8 Å². The van der Waals surface area contributed by atoms with Crippen LogP contribution in [0, 0.1) is 12.7 Å². The van der Waals surface area contributed by atoms with Gasteiger partial charge in [-0.15, -0.1) is 0 Å². The van der Waals surface area contributed by atoms with Gasteiger partial charge in [-0.3, -0.25) is 4.79 Å². The Labute approximate surface area is 111 Å². The Hall–Kier alpha value is -2.23. The van der Waals surface area contributed by atoms with Crippen molar-refractivity contribution in [3.05, 3.63) is 53.5 Å². The molecule has 0 spiro atoms. The smallest absolute Gasteiger partial charge is 0.151 e. The van der Waals surface area contributed by atoms with E-state index < -0.39 is 0 Å². The van der Waals surface area contributed by atoms with E-state index in [1.807, 2.05) is 18.7 Å². The average molecular weight is 258 g/mol. The summed E-state index contributed by atoms with van der Waals surface area (Å²) in [6.45, 7) is 4.61. The highest BCUT2D eigenvalue weighted by Crippen LogP contribution is 2.26. The highest BCUT2D eigenvalue weighted by molar-refractivity contribution is 5.76. The predicted octanol–water partition coefficient (Wildman–Crippen LogP) is 3.50. The maximum Gasteiger partial charge on any atom is 0.151 e. The van der Waals surface area contributed by atoms with E-state index in [0.717, 1.165) is 23.4 Å². The largest absolute Gasteiger partial charge is 0.326 e. The highest BCUT2D eigenvalue weighted by atomic mass is 19.1. The van der Waals surface area contributed by atoms with Crippen LogP contribution in [-0.2, 0) is 0 Å². The number of carbonyl (C=O) groups excluding carboxylic acids is 1. The van der Waals surface area contributed by atoms with Crippen molar-refractivity contribution in [2.24, 2.45) is 0 Å². The lowest BCUT2D eigenvalue weighted by atomic mass is 10.2. The first-order chi connectivity index (χ1) is 9.15. The van der Waals surface area contributed by atoms with E-state index in [4.69, 9.17) is 0 Å². The number of anilines is 2. The van der Waals surface area contributed by atoms with Crippen molar-refractivity contribution >= 4 is 17.8 Å². The molecule has 0 saturated heterocycles. The normalized spacial score (nSPS) is 10.3. The van der Waals surface area contributed by atoms with E-state index in [1.165, 1.54) is 12.1 Å². The van der Waals surface area contributed by atoms with E-state index in [9.17, 15) is 9.18 Å². The number of halogens is 1. The molecule has 0 unspecified atom stereocenters. The molecule has 0 amide bonds. The van der Waals surface area contributed by atoms with Gasteiger partial charge < -0.3 is 4.90 Å². The molecule has 1 heterocycles. The van der Waals surface area contributed by atoms with Gasteiger partial charge in [0.25, 0.3) is 0 Å². The minimum absolute atomic E-state index is 0.263. The first-order valence-corrected chi connectivity index (χ1v) is 6.10. The highest BCUT2D eigenvalue weighted by Gasteiger charge is 2.11. The third kappa shape index (κ3) is 2.78. The van der Waals surface area contributed by atoms with Gasteiger partial charge in [0.05, 0.1) is 0 Å². The maximum atomic E-state index is 13.0. The third-order valence-corrected chi connectivity index (χ3v) is 2.92. The van der Waals surface area contributed by atoms with Gasteiger partial charge in [-0.05, 0) is 49.7 Å². The number of rotatable bonds is 4. The quantitative estimate of drug-likeness (QED) is 0.787. The minimum Gasteiger partial charge on any atom is -0.326 e. The van der Waals surface area contributed by atoms with Crippen LogP contribution in [0.5, 0.6) is 0 Å². The summed E-state index contributed by atoms with van der Waals surface area (Å²) in [4.78, 5) is 17.0. The lowest BCUT2D eigenvalue weighted by Crippen LogP contribution is -2.18. The number of benzene rings is 1. The second-order valence-electron chi connectivity index (χ2n) is 4.25. The molecule has 2 aromatic rings. The standard InChI is InChI=1S/C15H15FN2O/c1-3-18(14-6-4-13(16)5-7-14)15-11(2)8-12(10-19)9-17-15/h4-10H,3H2,1-2H3. The van der Waals surface area contributed by atoms with Crippen molar-refractivity contribution in [3.63, 3.8) is 0 Å². The van der Waals surface area contributed by atoms with Gasteiger partial charge in [-0.25, -0.2) is 9.37 Å². The van der Waals surface area contributed by atoms with Gasteiger partial charge in [0.15, 0.2) is 6.29 Å². The monoisotopic (exact) mass is 258 g/mol. The molecule has 0 bridgehead atoms. The maximum absolute atomic E-state index is 13.0. The van der Waals surface area contributed by atoms with Gasteiger partial charge in [0, 0.05) is 24.0 Å². The number of hydrogen-bond donors (Lipinski definition) is 0. The lowest BCUT2D eigenvalue weighted by molar-refractivity contribution is 0.112. The Balaban J connectivity index is 2.41. The second kappa shape index (κ2) is 5.61. The summed E-state index contributed by atoms with van der Waals surface area (Å²) < 4.78 is 13.0. The van der Waals surface area contributed by atoms with Gasteiger partial charge >= 0.3 is 0 Å². The summed E-state index contributed by atoms with van der Waals surface area (Å²) in [5, 5.41) is 0. The summed E-state index contributed by atoms with van der Waals surface area (Å²) in [7, 11) is 0. The molecule has 0 N–H and O–H groups in total. The Morgan fingerprint density at radius 2 is 2.00 bits per heavy atom. The minimum atomic E-state index is -0.263. The molecule has 1 aromatic carbocycles. The topological polar surface area (TPSA) is 33.2 Å². The fraction of sp³-hybridized carbons (Fsp3) is 0.200. The van der Waals surface area contributed by atoms with Gasteiger partial charge in [0.1, 0.15) is 11.6 Å². The molecule has 98 valence electrons. The van der Waals surface area contributed by atoms with Crippen LogP contribution in [0.4, 0.5) is 15.9 Å². The average Bonchev–Trinajstić information content (AvgIpc) is 2.43. The summed E-state index contributed by atoms with van der Waals surface area (Å²) in [5.41, 5.74) is 2.34. The van der Waals surface area contributed by atoms with E-state index in [1.54, 1.807) is 24.4 Å². The first-order valence-electron chi connectivity index (χ1n) is 6.10. The van der Waals surface area contributed by atoms with Crippen LogP contribution in [0.3, 0.4) is 0 Å². The molecule has 2 rings (SSSR count). The van der Waals surface area contributed by atoms with E-state index in [0.29, 0.717) is 12.1 Å². The number of nitrogens with zero attached hydrogens (tertiary/aromatic N) is 2. The zero-order chi connectivity index (χ0) is 13.8. The SMILES string of the molecule is CCN(c1ccc(F)cc1)c1ncc(C=O)cc1C. The zero-order valence-electron chi connectivity index (χ0n) is 10.9. The van der Waals surface area contributed by atoms with Crippen molar-refractivity contribution < 1.29 is 9.18 Å². The molecule has 0 radical (unpaired) electrons. The molecule has 3 nitrogen and oxygen atoms in total. The fourth-order valence-electron chi connectivity index (χ4n) is 2.01. The summed E-state index contributed by atoms with van der Waals surface area (Å²) in [5.74, 6) is 0.514. The molecule has 0 aliphatic carbocycles. The molecule has 0 aliphatic rings. The van der Waals surface area contributed by atoms with Crippen LogP contribution in [0.15, 0.2) is 36.5 Å². The van der Waals surface area contributed by atoms with Crippen LogP contribution in [-0.4, -0.2) is 17.8 Å². The number of carbonyl (C=O) groups is 1. The molecule has 19 heavy (non-hydrogen) atoms. The van der Waals surface area contributed by atoms with Gasteiger partial charge in [-0.2, -0.15) is 0 Å². The molecule has 1 aromatic heterocycles. The van der Waals surface area contributed by atoms with Crippen LogP contribution < -0.4 is 4.90 Å². The zero-order valence-corrected chi connectivity index (χ0v) is 10.9. The number of pyridine rings is 1.